The van der Waals surface area contributed by atoms with E-state index >= 15 is 0 Å². The van der Waals surface area contributed by atoms with Gasteiger partial charge in [-0.15, -0.1) is 11.8 Å². The summed E-state index contributed by atoms with van der Waals surface area (Å²) in [4.78, 5) is 34.1. The molecule has 6 nitrogen and oxygen atoms in total. The van der Waals surface area contributed by atoms with Gasteiger partial charge in [-0.3, -0.25) is 19.7 Å². The summed E-state index contributed by atoms with van der Waals surface area (Å²) in [6.45, 7) is 5.19. The number of non-ortho nitro benzene ring substituents is 1. The summed E-state index contributed by atoms with van der Waals surface area (Å²) in [5.41, 5.74) is 0.0141. The minimum absolute atomic E-state index is 0.0141. The maximum atomic E-state index is 11.8. The summed E-state index contributed by atoms with van der Waals surface area (Å²) < 4.78 is 0. The highest BCUT2D eigenvalue weighted by Crippen LogP contribution is 2.21. The lowest BCUT2D eigenvalue weighted by molar-refractivity contribution is -0.384. The van der Waals surface area contributed by atoms with Gasteiger partial charge in [-0.1, -0.05) is 13.8 Å². The Morgan fingerprint density at radius 1 is 1.29 bits per heavy atom. The molecule has 1 atom stereocenters. The highest BCUT2D eigenvalue weighted by molar-refractivity contribution is 8.00. The van der Waals surface area contributed by atoms with Crippen molar-refractivity contribution < 1.29 is 14.5 Å². The van der Waals surface area contributed by atoms with E-state index in [1.807, 2.05) is 13.8 Å². The van der Waals surface area contributed by atoms with E-state index < -0.39 is 11.0 Å². The number of nitrogens with zero attached hydrogens (tertiary/aromatic N) is 1. The van der Waals surface area contributed by atoms with Gasteiger partial charge in [-0.25, -0.2) is 0 Å². The third kappa shape index (κ3) is 5.55. The van der Waals surface area contributed by atoms with Crippen LogP contribution in [0.3, 0.4) is 0 Å². The van der Waals surface area contributed by atoms with Crippen LogP contribution < -0.4 is 5.32 Å². The predicted octanol–water partition coefficient (Wildman–Crippen LogP) is 2.42. The first-order valence-electron chi connectivity index (χ1n) is 6.48. The molecule has 1 aromatic rings. The van der Waals surface area contributed by atoms with Gasteiger partial charge in [0.05, 0.1) is 16.7 Å². The fourth-order valence-electron chi connectivity index (χ4n) is 1.77. The van der Waals surface area contributed by atoms with Gasteiger partial charge in [0.1, 0.15) is 0 Å². The number of rotatable bonds is 7. The summed E-state index contributed by atoms with van der Waals surface area (Å²) in [6.07, 6.45) is 0. The number of hydrogen-bond donors (Lipinski definition) is 1. The molecule has 0 spiro atoms. The number of Topliss-reactive ketones (excluding diaryl/α,β-unsaturated/α-hetero) is 1. The molecule has 1 amide bonds. The smallest absolute Gasteiger partial charge is 0.269 e. The lowest BCUT2D eigenvalue weighted by Crippen LogP contribution is -2.44. The van der Waals surface area contributed by atoms with E-state index in [9.17, 15) is 19.7 Å². The van der Waals surface area contributed by atoms with Crippen LogP contribution in [0.1, 0.15) is 20.8 Å². The minimum atomic E-state index is -0.477. The number of nitro groups is 1. The Kier molecular flexibility index (Phi) is 6.36. The van der Waals surface area contributed by atoms with Crippen molar-refractivity contribution in [2.24, 2.45) is 5.92 Å². The SMILES string of the molecule is CC(=O)C(NC(=O)CSc1ccc([N+](=O)[O-])cc1)C(C)C. The molecule has 1 unspecified atom stereocenters. The van der Waals surface area contributed by atoms with Crippen LogP contribution in [0.25, 0.3) is 0 Å². The van der Waals surface area contributed by atoms with Crippen LogP contribution >= 0.6 is 11.8 Å². The summed E-state index contributed by atoms with van der Waals surface area (Å²) in [5, 5.41) is 13.2. The summed E-state index contributed by atoms with van der Waals surface area (Å²) in [5.74, 6) is -0.101. The van der Waals surface area contributed by atoms with Crippen molar-refractivity contribution in [1.29, 1.82) is 0 Å². The second-order valence-electron chi connectivity index (χ2n) is 4.94. The molecule has 0 fully saturated rings. The first-order valence-corrected chi connectivity index (χ1v) is 7.47. The van der Waals surface area contributed by atoms with Crippen molar-refractivity contribution in [3.05, 3.63) is 34.4 Å². The molecule has 0 radical (unpaired) electrons. The molecular weight excluding hydrogens is 292 g/mol. The molecule has 0 aliphatic rings. The summed E-state index contributed by atoms with van der Waals surface area (Å²) >= 11 is 1.27. The van der Waals surface area contributed by atoms with E-state index in [2.05, 4.69) is 5.32 Å². The highest BCUT2D eigenvalue weighted by Gasteiger charge is 2.20. The molecule has 1 rings (SSSR count). The van der Waals surface area contributed by atoms with Gasteiger partial charge in [0, 0.05) is 17.0 Å². The van der Waals surface area contributed by atoms with Crippen LogP contribution in [0.15, 0.2) is 29.2 Å². The summed E-state index contributed by atoms with van der Waals surface area (Å²) in [6, 6.07) is 5.51. The van der Waals surface area contributed by atoms with Crippen LogP contribution in [-0.2, 0) is 9.59 Å². The molecule has 7 heteroatoms. The summed E-state index contributed by atoms with van der Waals surface area (Å²) in [7, 11) is 0. The molecule has 114 valence electrons. The zero-order chi connectivity index (χ0) is 16.0. The lowest BCUT2D eigenvalue weighted by atomic mass is 10.0. The predicted molar refractivity (Wildman–Crippen MR) is 81.3 cm³/mol. The van der Waals surface area contributed by atoms with Gasteiger partial charge in [-0.2, -0.15) is 0 Å². The van der Waals surface area contributed by atoms with Crippen molar-refractivity contribution in [3.63, 3.8) is 0 Å². The van der Waals surface area contributed by atoms with Gasteiger partial charge in [0.25, 0.3) is 5.69 Å². The number of benzene rings is 1. The minimum Gasteiger partial charge on any atom is -0.345 e. The van der Waals surface area contributed by atoms with E-state index in [4.69, 9.17) is 0 Å². The topological polar surface area (TPSA) is 89.3 Å². The molecule has 0 aliphatic carbocycles. The van der Waals surface area contributed by atoms with Gasteiger partial charge in [-0.05, 0) is 25.0 Å². The quantitative estimate of drug-likeness (QED) is 0.474. The number of amides is 1. The van der Waals surface area contributed by atoms with Crippen molar-refractivity contribution >= 4 is 29.1 Å². The molecule has 0 bridgehead atoms. The Morgan fingerprint density at radius 3 is 2.29 bits per heavy atom. The van der Waals surface area contributed by atoms with Crippen LogP contribution in [0.5, 0.6) is 0 Å². The zero-order valence-electron chi connectivity index (χ0n) is 12.2. The maximum Gasteiger partial charge on any atom is 0.269 e. The number of ketones is 1. The van der Waals surface area contributed by atoms with Crippen LogP contribution in [-0.4, -0.2) is 28.4 Å². The average molecular weight is 310 g/mol. The molecule has 0 aromatic heterocycles. The number of carbonyl (C=O) groups is 2. The van der Waals surface area contributed by atoms with Crippen molar-refractivity contribution in [2.75, 3.05) is 5.75 Å². The van der Waals surface area contributed by atoms with Gasteiger partial charge >= 0.3 is 0 Å². The first kappa shape index (κ1) is 17.2. The average Bonchev–Trinajstić information content (AvgIpc) is 2.42. The Bertz CT molecular complexity index is 528. The first-order chi connectivity index (χ1) is 9.81. The molecule has 1 aromatic carbocycles. The van der Waals surface area contributed by atoms with E-state index in [-0.39, 0.29) is 29.0 Å². The number of thioether (sulfide) groups is 1. The second-order valence-corrected chi connectivity index (χ2v) is 5.99. The number of nitrogens with one attached hydrogen (secondary N) is 1. The number of carbonyl (C=O) groups excluding carboxylic acids is 2. The Balaban J connectivity index is 2.52. The Labute approximate surface area is 127 Å². The van der Waals surface area contributed by atoms with Gasteiger partial charge in [0.2, 0.25) is 5.91 Å². The molecule has 0 heterocycles. The van der Waals surface area contributed by atoms with Gasteiger partial charge < -0.3 is 5.32 Å². The van der Waals surface area contributed by atoms with Gasteiger partial charge in [0.15, 0.2) is 5.78 Å². The fourth-order valence-corrected chi connectivity index (χ4v) is 2.48. The third-order valence-corrected chi connectivity index (χ3v) is 3.85. The van der Waals surface area contributed by atoms with Crippen molar-refractivity contribution in [2.45, 2.75) is 31.7 Å². The lowest BCUT2D eigenvalue weighted by Gasteiger charge is -2.19. The molecule has 1 N–H and O–H groups in total. The van der Waals surface area contributed by atoms with Crippen molar-refractivity contribution in [1.82, 2.24) is 5.32 Å². The Hall–Kier alpha value is -1.89. The molecule has 21 heavy (non-hydrogen) atoms. The van der Waals surface area contributed by atoms with E-state index in [0.29, 0.717) is 0 Å². The zero-order valence-corrected chi connectivity index (χ0v) is 13.0. The van der Waals surface area contributed by atoms with E-state index in [1.54, 1.807) is 12.1 Å². The number of hydrogen-bond acceptors (Lipinski definition) is 5. The standard InChI is InChI=1S/C14H18N2O4S/c1-9(2)14(10(3)17)15-13(18)8-21-12-6-4-11(5-7-12)16(19)20/h4-7,9,14H,8H2,1-3H3,(H,15,18). The number of nitro benzene ring substituents is 1. The monoisotopic (exact) mass is 310 g/mol. The fraction of sp³-hybridized carbons (Fsp3) is 0.429. The largest absolute Gasteiger partial charge is 0.345 e. The van der Waals surface area contributed by atoms with E-state index in [1.165, 1.54) is 30.8 Å². The van der Waals surface area contributed by atoms with Crippen LogP contribution in [0.2, 0.25) is 0 Å². The molecule has 0 aliphatic heterocycles. The Morgan fingerprint density at radius 2 is 1.86 bits per heavy atom. The molecule has 0 saturated heterocycles. The van der Waals surface area contributed by atoms with E-state index in [0.717, 1.165) is 4.90 Å². The maximum absolute atomic E-state index is 11.8. The third-order valence-electron chi connectivity index (χ3n) is 2.84. The second kappa shape index (κ2) is 7.78. The van der Waals surface area contributed by atoms with Crippen LogP contribution in [0, 0.1) is 16.0 Å². The normalized spacial score (nSPS) is 12.0. The van der Waals surface area contributed by atoms with Crippen molar-refractivity contribution in [3.8, 4) is 0 Å². The van der Waals surface area contributed by atoms with Crippen LogP contribution in [0.4, 0.5) is 5.69 Å². The molecule has 0 saturated carbocycles. The molecular formula is C14H18N2O4S. The highest BCUT2D eigenvalue weighted by atomic mass is 32.2.